The van der Waals surface area contributed by atoms with E-state index in [9.17, 15) is 0 Å². The Balaban J connectivity index is 2.28. The summed E-state index contributed by atoms with van der Waals surface area (Å²) < 4.78 is 0. The van der Waals surface area contributed by atoms with Crippen LogP contribution in [-0.4, -0.2) is 62.2 Å². The maximum absolute atomic E-state index is 3.54. The Morgan fingerprint density at radius 2 is 2.11 bits per heavy atom. The molecule has 108 valence electrons. The van der Waals surface area contributed by atoms with Crippen molar-refractivity contribution in [2.45, 2.75) is 52.1 Å². The number of likely N-dealkylation sites (tertiary alicyclic amines) is 1. The van der Waals surface area contributed by atoms with Crippen molar-refractivity contribution in [2.24, 2.45) is 5.92 Å². The van der Waals surface area contributed by atoms with Gasteiger partial charge in [0.1, 0.15) is 0 Å². The highest BCUT2D eigenvalue weighted by Crippen LogP contribution is 2.17. The highest BCUT2D eigenvalue weighted by atomic mass is 15.2. The lowest BCUT2D eigenvalue weighted by Gasteiger charge is -2.33. The molecule has 0 bridgehead atoms. The van der Waals surface area contributed by atoms with E-state index in [0.717, 1.165) is 19.1 Å². The highest BCUT2D eigenvalue weighted by Gasteiger charge is 2.25. The van der Waals surface area contributed by atoms with E-state index in [1.807, 2.05) is 0 Å². The van der Waals surface area contributed by atoms with Gasteiger partial charge in [0.15, 0.2) is 0 Å². The molecule has 0 saturated carbocycles. The molecule has 1 rings (SSSR count). The Kier molecular flexibility index (Phi) is 7.20. The summed E-state index contributed by atoms with van der Waals surface area (Å²) in [5, 5.41) is 3.54. The van der Waals surface area contributed by atoms with Crippen LogP contribution < -0.4 is 5.32 Å². The number of hydrogen-bond acceptors (Lipinski definition) is 3. The SMILES string of the molecule is CCCNCC(C)C(C)N(C)CC1CCCN1C. The molecule has 0 aliphatic carbocycles. The van der Waals surface area contributed by atoms with Gasteiger partial charge in [-0.2, -0.15) is 0 Å². The number of nitrogens with zero attached hydrogens (tertiary/aromatic N) is 2. The maximum Gasteiger partial charge on any atom is 0.0220 e. The minimum atomic E-state index is 0.656. The quantitative estimate of drug-likeness (QED) is 0.670. The zero-order valence-corrected chi connectivity index (χ0v) is 13.1. The summed E-state index contributed by atoms with van der Waals surface area (Å²) in [7, 11) is 4.55. The van der Waals surface area contributed by atoms with E-state index in [-0.39, 0.29) is 0 Å². The summed E-state index contributed by atoms with van der Waals surface area (Å²) in [6.07, 6.45) is 3.97. The van der Waals surface area contributed by atoms with Crippen LogP contribution in [0.25, 0.3) is 0 Å². The Labute approximate surface area is 114 Å². The second-order valence-corrected chi connectivity index (χ2v) is 6.14. The number of hydrogen-bond donors (Lipinski definition) is 1. The van der Waals surface area contributed by atoms with Crippen molar-refractivity contribution in [1.29, 1.82) is 0 Å². The fourth-order valence-electron chi connectivity index (χ4n) is 2.82. The molecule has 1 aliphatic rings. The summed E-state index contributed by atoms with van der Waals surface area (Å²) >= 11 is 0. The van der Waals surface area contributed by atoms with Crippen molar-refractivity contribution in [1.82, 2.24) is 15.1 Å². The predicted octanol–water partition coefficient (Wildman–Crippen LogP) is 2.04. The van der Waals surface area contributed by atoms with Gasteiger partial charge in [-0.1, -0.05) is 13.8 Å². The van der Waals surface area contributed by atoms with E-state index in [1.54, 1.807) is 0 Å². The van der Waals surface area contributed by atoms with Crippen molar-refractivity contribution in [2.75, 3.05) is 40.3 Å². The van der Waals surface area contributed by atoms with Crippen molar-refractivity contribution in [3.8, 4) is 0 Å². The van der Waals surface area contributed by atoms with E-state index in [2.05, 4.69) is 50.0 Å². The summed E-state index contributed by atoms with van der Waals surface area (Å²) in [6.45, 7) is 11.7. The van der Waals surface area contributed by atoms with Crippen molar-refractivity contribution >= 4 is 0 Å². The molecule has 0 aromatic carbocycles. The summed E-state index contributed by atoms with van der Waals surface area (Å²) in [4.78, 5) is 5.06. The lowest BCUT2D eigenvalue weighted by atomic mass is 10.0. The first-order chi connectivity index (χ1) is 8.56. The third-order valence-electron chi connectivity index (χ3n) is 4.58. The van der Waals surface area contributed by atoms with Crippen LogP contribution in [-0.2, 0) is 0 Å². The molecule has 1 saturated heterocycles. The molecule has 3 heteroatoms. The first kappa shape index (κ1) is 15.9. The van der Waals surface area contributed by atoms with Crippen molar-refractivity contribution in [3.63, 3.8) is 0 Å². The Bertz CT molecular complexity index is 220. The van der Waals surface area contributed by atoms with Crippen LogP contribution in [0, 0.1) is 5.92 Å². The van der Waals surface area contributed by atoms with Gasteiger partial charge in [0.2, 0.25) is 0 Å². The molecular formula is C15H33N3. The van der Waals surface area contributed by atoms with E-state index in [0.29, 0.717) is 12.0 Å². The first-order valence-electron chi connectivity index (χ1n) is 7.67. The topological polar surface area (TPSA) is 18.5 Å². The second-order valence-electron chi connectivity index (χ2n) is 6.14. The van der Waals surface area contributed by atoms with Gasteiger partial charge in [-0.15, -0.1) is 0 Å². The third kappa shape index (κ3) is 4.87. The standard InChI is InChI=1S/C15H33N3/c1-6-9-16-11-13(2)14(3)18(5)12-15-8-7-10-17(15)4/h13-16H,6-12H2,1-5H3. The predicted molar refractivity (Wildman–Crippen MR) is 80.1 cm³/mol. The normalized spacial score (nSPS) is 24.7. The van der Waals surface area contributed by atoms with Crippen LogP contribution in [0.15, 0.2) is 0 Å². The van der Waals surface area contributed by atoms with Gasteiger partial charge >= 0.3 is 0 Å². The van der Waals surface area contributed by atoms with E-state index < -0.39 is 0 Å². The molecule has 0 spiro atoms. The number of rotatable bonds is 8. The highest BCUT2D eigenvalue weighted by molar-refractivity contribution is 4.82. The van der Waals surface area contributed by atoms with Gasteiger partial charge in [-0.25, -0.2) is 0 Å². The van der Waals surface area contributed by atoms with E-state index in [4.69, 9.17) is 0 Å². The average molecular weight is 255 g/mol. The lowest BCUT2D eigenvalue weighted by Crippen LogP contribution is -2.44. The molecule has 1 N–H and O–H groups in total. The van der Waals surface area contributed by atoms with Crippen molar-refractivity contribution < 1.29 is 0 Å². The van der Waals surface area contributed by atoms with Crippen LogP contribution in [0.1, 0.15) is 40.0 Å². The molecule has 1 fully saturated rings. The van der Waals surface area contributed by atoms with Gasteiger partial charge in [0.05, 0.1) is 0 Å². The van der Waals surface area contributed by atoms with Gasteiger partial charge in [-0.3, -0.25) is 0 Å². The monoisotopic (exact) mass is 255 g/mol. The van der Waals surface area contributed by atoms with Crippen LogP contribution in [0.4, 0.5) is 0 Å². The van der Waals surface area contributed by atoms with Gasteiger partial charge in [-0.05, 0) is 65.8 Å². The average Bonchev–Trinajstić information content (AvgIpc) is 2.74. The maximum atomic E-state index is 3.54. The summed E-state index contributed by atoms with van der Waals surface area (Å²) in [5.41, 5.74) is 0. The number of likely N-dealkylation sites (N-methyl/N-ethyl adjacent to an activating group) is 2. The fourth-order valence-corrected chi connectivity index (χ4v) is 2.82. The molecule has 3 unspecified atom stereocenters. The van der Waals surface area contributed by atoms with Crippen LogP contribution in [0.5, 0.6) is 0 Å². The second kappa shape index (κ2) is 8.13. The largest absolute Gasteiger partial charge is 0.316 e. The molecular weight excluding hydrogens is 222 g/mol. The molecule has 3 atom stereocenters. The lowest BCUT2D eigenvalue weighted by molar-refractivity contribution is 0.151. The summed E-state index contributed by atoms with van der Waals surface area (Å²) in [5.74, 6) is 0.716. The van der Waals surface area contributed by atoms with Gasteiger partial charge in [0, 0.05) is 18.6 Å². The minimum absolute atomic E-state index is 0.656. The molecule has 1 aliphatic heterocycles. The van der Waals surface area contributed by atoms with Crippen LogP contribution in [0.2, 0.25) is 0 Å². The number of nitrogens with one attached hydrogen (secondary N) is 1. The van der Waals surface area contributed by atoms with E-state index in [1.165, 1.54) is 32.4 Å². The molecule has 3 nitrogen and oxygen atoms in total. The van der Waals surface area contributed by atoms with Crippen LogP contribution >= 0.6 is 0 Å². The first-order valence-corrected chi connectivity index (χ1v) is 7.67. The summed E-state index contributed by atoms with van der Waals surface area (Å²) in [6, 6.07) is 1.43. The molecule has 18 heavy (non-hydrogen) atoms. The third-order valence-corrected chi connectivity index (χ3v) is 4.58. The molecule has 0 radical (unpaired) electrons. The molecule has 1 heterocycles. The Hall–Kier alpha value is -0.120. The molecule has 0 aromatic heterocycles. The Morgan fingerprint density at radius 3 is 2.67 bits per heavy atom. The zero-order chi connectivity index (χ0) is 13.5. The van der Waals surface area contributed by atoms with E-state index >= 15 is 0 Å². The van der Waals surface area contributed by atoms with Gasteiger partial charge in [0.25, 0.3) is 0 Å². The van der Waals surface area contributed by atoms with Gasteiger partial charge < -0.3 is 15.1 Å². The van der Waals surface area contributed by atoms with Crippen LogP contribution in [0.3, 0.4) is 0 Å². The zero-order valence-electron chi connectivity index (χ0n) is 13.1. The minimum Gasteiger partial charge on any atom is -0.316 e. The van der Waals surface area contributed by atoms with Crippen molar-refractivity contribution in [3.05, 3.63) is 0 Å². The molecule has 0 amide bonds. The smallest absolute Gasteiger partial charge is 0.0220 e. The fraction of sp³-hybridized carbons (Fsp3) is 1.00. The molecule has 0 aromatic rings. The Morgan fingerprint density at radius 1 is 1.39 bits per heavy atom.